The first-order valence-electron chi connectivity index (χ1n) is 13.6. The third-order valence-electron chi connectivity index (χ3n) is 7.29. The summed E-state index contributed by atoms with van der Waals surface area (Å²) in [4.78, 5) is 21.3. The molecule has 0 aliphatic carbocycles. The largest absolute Gasteiger partial charge is 0.396 e. The minimum atomic E-state index is -0.0129. The maximum Gasteiger partial charge on any atom is 0.229 e. The Labute approximate surface area is 227 Å². The van der Waals surface area contributed by atoms with Crippen molar-refractivity contribution in [3.63, 3.8) is 0 Å². The Morgan fingerprint density at radius 2 is 1.95 bits per heavy atom. The van der Waals surface area contributed by atoms with E-state index >= 15 is 0 Å². The number of aliphatic hydroxyl groups excluding tert-OH is 1. The summed E-state index contributed by atoms with van der Waals surface area (Å²) in [5.41, 5.74) is 2.48. The summed E-state index contributed by atoms with van der Waals surface area (Å²) < 4.78 is 5.82. The zero-order chi connectivity index (χ0) is 26.6. The highest BCUT2D eigenvalue weighted by Gasteiger charge is 2.32. The molecule has 0 aromatic carbocycles. The van der Waals surface area contributed by atoms with Gasteiger partial charge < -0.3 is 24.7 Å². The van der Waals surface area contributed by atoms with Crippen molar-refractivity contribution in [3.8, 4) is 11.4 Å². The van der Waals surface area contributed by atoms with Crippen molar-refractivity contribution < 1.29 is 9.63 Å². The van der Waals surface area contributed by atoms with E-state index in [-0.39, 0.29) is 12.6 Å². The maximum atomic E-state index is 9.19. The molecule has 204 valence electrons. The first kappa shape index (κ1) is 25.3. The quantitative estimate of drug-likeness (QED) is 0.294. The molecule has 12 nitrogen and oxygen atoms in total. The van der Waals surface area contributed by atoms with Crippen LogP contribution in [0.1, 0.15) is 36.8 Å². The first-order chi connectivity index (χ1) is 19.2. The van der Waals surface area contributed by atoms with E-state index in [2.05, 4.69) is 40.4 Å². The monoisotopic (exact) mass is 530 g/mol. The minimum absolute atomic E-state index is 0.0129. The molecule has 3 N–H and O–H groups in total. The number of pyridine rings is 1. The fraction of sp³-hybridized carbons (Fsp3) is 0.444. The Hall–Kier alpha value is -4.03. The molecule has 1 atom stereocenters. The summed E-state index contributed by atoms with van der Waals surface area (Å²) >= 11 is 0. The van der Waals surface area contributed by atoms with Gasteiger partial charge in [0.2, 0.25) is 5.95 Å². The van der Waals surface area contributed by atoms with Crippen LogP contribution in [-0.4, -0.2) is 86.2 Å². The van der Waals surface area contributed by atoms with E-state index in [4.69, 9.17) is 14.5 Å². The van der Waals surface area contributed by atoms with Crippen molar-refractivity contribution in [3.05, 3.63) is 54.0 Å². The van der Waals surface area contributed by atoms with Crippen LogP contribution in [0, 0.1) is 6.92 Å². The second-order valence-corrected chi connectivity index (χ2v) is 10.1. The van der Waals surface area contributed by atoms with E-state index < -0.39 is 0 Å². The molecule has 6 rings (SSSR count). The molecule has 2 aliphatic rings. The van der Waals surface area contributed by atoms with Crippen molar-refractivity contribution >= 4 is 23.4 Å². The van der Waals surface area contributed by atoms with Crippen molar-refractivity contribution in [1.29, 1.82) is 0 Å². The van der Waals surface area contributed by atoms with E-state index in [1.54, 1.807) is 6.20 Å². The molecule has 0 unspecified atom stereocenters. The standard InChI is InChI=1S/C27H34N10O2/c1-19-16-25(33-32-19)29-24-18-26(36-13-11-35(12-14-36)9-5-15-38)31-27(30-24)37-10-4-7-22(37)23-17-21(34-39-23)20-6-2-3-8-28-20/h2-3,6,8,16-18,22,38H,4-5,7,9-15H2,1H3,(H2,29,30,31,32,33)/t22-/m0/s1. The fourth-order valence-corrected chi connectivity index (χ4v) is 5.27. The molecule has 0 bridgehead atoms. The third-order valence-corrected chi connectivity index (χ3v) is 7.29. The first-order valence-corrected chi connectivity index (χ1v) is 13.6. The summed E-state index contributed by atoms with van der Waals surface area (Å²) in [7, 11) is 0. The van der Waals surface area contributed by atoms with Crippen molar-refractivity contribution in [2.24, 2.45) is 0 Å². The second kappa shape index (κ2) is 11.4. The Balaban J connectivity index is 1.27. The van der Waals surface area contributed by atoms with Crippen LogP contribution in [0.15, 0.2) is 47.1 Å². The number of hydrogen-bond acceptors (Lipinski definition) is 11. The van der Waals surface area contributed by atoms with Crippen LogP contribution in [0.25, 0.3) is 11.4 Å². The lowest BCUT2D eigenvalue weighted by Gasteiger charge is -2.36. The number of H-pyrrole nitrogens is 1. The molecule has 0 amide bonds. The topological polar surface area (TPSA) is 135 Å². The predicted molar refractivity (Wildman–Crippen MR) is 148 cm³/mol. The number of aromatic amines is 1. The Morgan fingerprint density at radius 1 is 1.05 bits per heavy atom. The number of aryl methyl sites for hydroxylation is 1. The van der Waals surface area contributed by atoms with Gasteiger partial charge in [-0.15, -0.1) is 0 Å². The molecular formula is C27H34N10O2. The normalized spacial score (nSPS) is 18.2. The summed E-state index contributed by atoms with van der Waals surface area (Å²) in [6, 6.07) is 11.7. The number of nitrogens with one attached hydrogen (secondary N) is 2. The number of nitrogens with zero attached hydrogens (tertiary/aromatic N) is 8. The number of hydrogen-bond donors (Lipinski definition) is 3. The molecule has 2 saturated heterocycles. The highest BCUT2D eigenvalue weighted by atomic mass is 16.5. The van der Waals surface area contributed by atoms with Gasteiger partial charge in [-0.25, -0.2) is 0 Å². The van der Waals surface area contributed by atoms with Crippen LogP contribution in [0.3, 0.4) is 0 Å². The lowest BCUT2D eigenvalue weighted by atomic mass is 10.1. The van der Waals surface area contributed by atoms with Gasteiger partial charge in [-0.1, -0.05) is 11.2 Å². The molecule has 6 heterocycles. The van der Waals surface area contributed by atoms with Crippen LogP contribution in [0.2, 0.25) is 0 Å². The number of aliphatic hydroxyl groups is 1. The molecule has 2 fully saturated rings. The number of piperazine rings is 1. The van der Waals surface area contributed by atoms with Gasteiger partial charge in [0, 0.05) is 76.0 Å². The maximum absolute atomic E-state index is 9.19. The van der Waals surface area contributed by atoms with E-state index in [1.165, 1.54) is 0 Å². The van der Waals surface area contributed by atoms with Crippen LogP contribution in [-0.2, 0) is 0 Å². The van der Waals surface area contributed by atoms with E-state index in [9.17, 15) is 5.11 Å². The smallest absolute Gasteiger partial charge is 0.229 e. The zero-order valence-corrected chi connectivity index (χ0v) is 22.1. The number of rotatable bonds is 9. The molecule has 0 radical (unpaired) electrons. The Morgan fingerprint density at radius 3 is 2.72 bits per heavy atom. The lowest BCUT2D eigenvalue weighted by Crippen LogP contribution is -2.47. The fourth-order valence-electron chi connectivity index (χ4n) is 5.27. The van der Waals surface area contributed by atoms with E-state index in [0.717, 1.165) is 87.2 Å². The van der Waals surface area contributed by atoms with Gasteiger partial charge in [-0.3, -0.25) is 15.0 Å². The SMILES string of the molecule is Cc1cc(Nc2cc(N3CCN(CCCO)CC3)nc(N3CCC[C@H]3c3cc(-c4ccccn4)no3)n2)n[nH]1. The van der Waals surface area contributed by atoms with Gasteiger partial charge in [0.05, 0.1) is 11.7 Å². The molecule has 0 spiro atoms. The van der Waals surface area contributed by atoms with E-state index in [0.29, 0.717) is 17.6 Å². The van der Waals surface area contributed by atoms with Crippen LogP contribution < -0.4 is 15.1 Å². The van der Waals surface area contributed by atoms with Gasteiger partial charge >= 0.3 is 0 Å². The lowest BCUT2D eigenvalue weighted by molar-refractivity contribution is 0.215. The molecular weight excluding hydrogens is 496 g/mol. The molecule has 12 heteroatoms. The van der Waals surface area contributed by atoms with Crippen molar-refractivity contribution in [2.45, 2.75) is 32.2 Å². The van der Waals surface area contributed by atoms with Gasteiger partial charge in [-0.05, 0) is 38.3 Å². The molecule has 4 aromatic rings. The van der Waals surface area contributed by atoms with Crippen LogP contribution >= 0.6 is 0 Å². The number of aromatic nitrogens is 6. The Bertz CT molecular complexity index is 1370. The zero-order valence-electron chi connectivity index (χ0n) is 22.1. The molecule has 39 heavy (non-hydrogen) atoms. The van der Waals surface area contributed by atoms with Gasteiger partial charge in [0.1, 0.15) is 17.3 Å². The summed E-state index contributed by atoms with van der Waals surface area (Å²) in [5, 5.41) is 24.2. The average molecular weight is 531 g/mol. The predicted octanol–water partition coefficient (Wildman–Crippen LogP) is 3.15. The third kappa shape index (κ3) is 5.71. The van der Waals surface area contributed by atoms with Gasteiger partial charge in [-0.2, -0.15) is 15.1 Å². The summed E-state index contributed by atoms with van der Waals surface area (Å²) in [6.45, 7) is 7.52. The van der Waals surface area contributed by atoms with Gasteiger partial charge in [0.15, 0.2) is 11.6 Å². The van der Waals surface area contributed by atoms with E-state index in [1.807, 2.05) is 43.3 Å². The second-order valence-electron chi connectivity index (χ2n) is 10.1. The molecule has 0 saturated carbocycles. The number of anilines is 4. The van der Waals surface area contributed by atoms with Gasteiger partial charge in [0.25, 0.3) is 0 Å². The highest BCUT2D eigenvalue weighted by Crippen LogP contribution is 2.37. The molecule has 4 aromatic heterocycles. The average Bonchev–Trinajstić information content (AvgIpc) is 3.74. The van der Waals surface area contributed by atoms with Crippen LogP contribution in [0.4, 0.5) is 23.4 Å². The Kier molecular flexibility index (Phi) is 7.37. The van der Waals surface area contributed by atoms with Crippen LogP contribution in [0.5, 0.6) is 0 Å². The van der Waals surface area contributed by atoms with Crippen molar-refractivity contribution in [1.82, 2.24) is 35.2 Å². The minimum Gasteiger partial charge on any atom is -0.396 e. The summed E-state index contributed by atoms with van der Waals surface area (Å²) in [6.07, 6.45) is 4.49. The van der Waals surface area contributed by atoms with Crippen molar-refractivity contribution in [2.75, 3.05) is 61.0 Å². The highest BCUT2D eigenvalue weighted by molar-refractivity contribution is 5.61. The summed E-state index contributed by atoms with van der Waals surface area (Å²) in [5.74, 6) is 3.74. The molecule has 2 aliphatic heterocycles.